The fourth-order valence-electron chi connectivity index (χ4n) is 0.657. The van der Waals surface area contributed by atoms with E-state index in [1.165, 1.54) is 0 Å². The Balaban J connectivity index is 2.76. The van der Waals surface area contributed by atoms with Crippen LogP contribution in [-0.2, 0) is 22.1 Å². The van der Waals surface area contributed by atoms with Crippen molar-refractivity contribution in [2.24, 2.45) is 0 Å². The summed E-state index contributed by atoms with van der Waals surface area (Å²) >= 11 is 2.57. The van der Waals surface area contributed by atoms with Gasteiger partial charge in [-0.25, -0.2) is 0 Å². The summed E-state index contributed by atoms with van der Waals surface area (Å²) in [5, 5.41) is 0. The first-order valence-corrected chi connectivity index (χ1v) is 17.7. The average Bonchev–Trinajstić information content (AvgIpc) is 2.03. The van der Waals surface area contributed by atoms with Crippen LogP contribution in [0, 0.1) is 9.35 Å². The van der Waals surface area contributed by atoms with Crippen molar-refractivity contribution in [1.29, 1.82) is 0 Å². The Labute approximate surface area is 78.7 Å². The van der Waals surface area contributed by atoms with Gasteiger partial charge >= 0.3 is 79.3 Å². The van der Waals surface area contributed by atoms with Crippen molar-refractivity contribution in [1.82, 2.24) is 0 Å². The minimum absolute atomic E-state index is 0.888. The zero-order valence-electron chi connectivity index (χ0n) is 5.47. The van der Waals surface area contributed by atoms with E-state index in [9.17, 15) is 0 Å². The number of hydrogen-bond acceptors (Lipinski definition) is 0. The molecule has 0 fully saturated rings. The van der Waals surface area contributed by atoms with Crippen molar-refractivity contribution in [3.63, 3.8) is 0 Å². The fraction of sp³-hybridized carbons (Fsp3) is 0. The van der Waals surface area contributed by atoms with E-state index in [-0.39, 0.29) is 0 Å². The molecule has 0 atom stereocenters. The van der Waals surface area contributed by atoms with Crippen LogP contribution in [0.25, 0.3) is 0 Å². The molecule has 0 saturated carbocycles. The summed E-state index contributed by atoms with van der Waals surface area (Å²) in [7, 11) is 0. The molecule has 0 aliphatic heterocycles. The zero-order valence-corrected chi connectivity index (χ0v) is 12.6. The molecule has 10 heavy (non-hydrogen) atoms. The second-order valence-electron chi connectivity index (χ2n) is 1.80. The second kappa shape index (κ2) is 4.93. The first kappa shape index (κ1) is 8.29. The van der Waals surface area contributed by atoms with Crippen LogP contribution in [0.5, 0.6) is 0 Å². The Morgan fingerprint density at radius 3 is 2.50 bits per heavy atom. The summed E-state index contributed by atoms with van der Waals surface area (Å²) in [5.41, 5.74) is 1.13. The molecule has 0 unspecified atom stereocenters. The molecule has 0 spiro atoms. The number of benzene rings is 1. The quantitative estimate of drug-likeness (QED) is 0.478. The molecule has 0 radical (unpaired) electrons. The first-order chi connectivity index (χ1) is 4.93. The molecule has 46 valence electrons. The van der Waals surface area contributed by atoms with Crippen molar-refractivity contribution in [2.75, 3.05) is 0 Å². The number of rotatable bonds is 0. The zero-order chi connectivity index (χ0) is 7.23. The SMILES string of the molecule is [Br][Hg][C]#Cc1ccccc1. The van der Waals surface area contributed by atoms with Gasteiger partial charge in [-0.15, -0.1) is 0 Å². The monoisotopic (exact) mass is 382 g/mol. The Hall–Kier alpha value is 0.195. The second-order valence-corrected chi connectivity index (χ2v) is 9.14. The summed E-state index contributed by atoms with van der Waals surface area (Å²) in [6.07, 6.45) is 0. The van der Waals surface area contributed by atoms with Crippen molar-refractivity contribution in [3.8, 4) is 9.35 Å². The molecule has 1 aromatic rings. The third-order valence-electron chi connectivity index (χ3n) is 1.07. The van der Waals surface area contributed by atoms with Gasteiger partial charge in [0.25, 0.3) is 0 Å². The molecule has 0 aliphatic rings. The summed E-state index contributed by atoms with van der Waals surface area (Å²) in [4.78, 5) is 0. The summed E-state index contributed by atoms with van der Waals surface area (Å²) in [6, 6.07) is 10.1. The molecule has 0 aromatic heterocycles. The van der Waals surface area contributed by atoms with Crippen LogP contribution in [0.1, 0.15) is 5.56 Å². The summed E-state index contributed by atoms with van der Waals surface area (Å²) < 4.78 is 3.15. The normalized spacial score (nSPS) is 7.30. The molecule has 0 amide bonds. The van der Waals surface area contributed by atoms with Gasteiger partial charge in [-0.05, 0) is 0 Å². The van der Waals surface area contributed by atoms with Crippen molar-refractivity contribution in [3.05, 3.63) is 35.9 Å². The van der Waals surface area contributed by atoms with Crippen molar-refractivity contribution >= 4 is 11.9 Å². The molecule has 0 heterocycles. The Morgan fingerprint density at radius 2 is 1.90 bits per heavy atom. The van der Waals surface area contributed by atoms with Gasteiger partial charge < -0.3 is 0 Å². The minimum atomic E-state index is -0.888. The maximum absolute atomic E-state index is 3.46. The number of halogens is 1. The van der Waals surface area contributed by atoms with Gasteiger partial charge in [0.05, 0.1) is 0 Å². The van der Waals surface area contributed by atoms with E-state index in [1.54, 1.807) is 0 Å². The predicted octanol–water partition coefficient (Wildman–Crippen LogP) is 2.39. The first-order valence-electron chi connectivity index (χ1n) is 3.03. The van der Waals surface area contributed by atoms with E-state index in [1.807, 2.05) is 30.3 Å². The molecular formula is C8H5BrHg. The number of hydrogen-bond donors (Lipinski definition) is 0. The third kappa shape index (κ3) is 2.85. The van der Waals surface area contributed by atoms with Gasteiger partial charge in [0.15, 0.2) is 0 Å². The van der Waals surface area contributed by atoms with Crippen molar-refractivity contribution in [2.45, 2.75) is 0 Å². The van der Waals surface area contributed by atoms with Gasteiger partial charge in [0.2, 0.25) is 0 Å². The fourth-order valence-corrected chi connectivity index (χ4v) is 2.94. The molecule has 2 heteroatoms. The molecule has 0 nitrogen and oxygen atoms in total. The Kier molecular flexibility index (Phi) is 4.09. The van der Waals surface area contributed by atoms with Crippen LogP contribution in [0.3, 0.4) is 0 Å². The molecule has 1 rings (SSSR count). The van der Waals surface area contributed by atoms with Gasteiger partial charge in [-0.3, -0.25) is 0 Å². The van der Waals surface area contributed by atoms with Gasteiger partial charge in [-0.1, -0.05) is 0 Å². The molecule has 0 aliphatic carbocycles. The average molecular weight is 382 g/mol. The predicted molar refractivity (Wildman–Crippen MR) is 42.2 cm³/mol. The van der Waals surface area contributed by atoms with Gasteiger partial charge in [-0.2, -0.15) is 0 Å². The molecule has 1 aromatic carbocycles. The van der Waals surface area contributed by atoms with Crippen LogP contribution in [-0.4, -0.2) is 0 Å². The van der Waals surface area contributed by atoms with E-state index >= 15 is 0 Å². The van der Waals surface area contributed by atoms with Crippen molar-refractivity contribution < 1.29 is 22.1 Å². The van der Waals surface area contributed by atoms with E-state index in [4.69, 9.17) is 0 Å². The maximum atomic E-state index is 3.46. The molecule has 0 N–H and O–H groups in total. The van der Waals surface area contributed by atoms with Gasteiger partial charge in [0, 0.05) is 0 Å². The Bertz CT molecular complexity index is 245. The van der Waals surface area contributed by atoms with Crippen LogP contribution < -0.4 is 0 Å². The van der Waals surface area contributed by atoms with Crippen LogP contribution in [0.15, 0.2) is 30.3 Å². The van der Waals surface area contributed by atoms with E-state index in [2.05, 4.69) is 21.3 Å². The molecular weight excluding hydrogens is 377 g/mol. The van der Waals surface area contributed by atoms with Gasteiger partial charge in [0.1, 0.15) is 0 Å². The van der Waals surface area contributed by atoms with E-state index < -0.39 is 22.1 Å². The molecule has 0 bridgehead atoms. The topological polar surface area (TPSA) is 0 Å². The van der Waals surface area contributed by atoms with E-state index in [0.717, 1.165) is 5.56 Å². The van der Waals surface area contributed by atoms with Crippen LogP contribution in [0.4, 0.5) is 0 Å². The summed E-state index contributed by atoms with van der Waals surface area (Å²) in [6.45, 7) is 0. The van der Waals surface area contributed by atoms with Crippen LogP contribution in [0.2, 0.25) is 0 Å². The summed E-state index contributed by atoms with van der Waals surface area (Å²) in [5.74, 6) is 3.10. The third-order valence-corrected chi connectivity index (χ3v) is 4.74. The molecule has 0 saturated heterocycles. The Morgan fingerprint density at radius 1 is 1.20 bits per heavy atom. The standard InChI is InChI=1S/C8H5.BrH.Hg/c1-2-8-6-4-3-5-7-8;;/h3-7H;1H;/q;;+1/p-1. The van der Waals surface area contributed by atoms with E-state index in [0.29, 0.717) is 0 Å². The van der Waals surface area contributed by atoms with Crippen LogP contribution >= 0.6 is 11.9 Å².